The third kappa shape index (κ3) is 2.49. The van der Waals surface area contributed by atoms with Crippen LogP contribution in [0.25, 0.3) is 0 Å². The molecule has 1 aromatic rings. The van der Waals surface area contributed by atoms with Gasteiger partial charge in [0, 0.05) is 18.4 Å². The average molecular weight is 229 g/mol. The molecule has 78 valence electrons. The third-order valence-corrected chi connectivity index (χ3v) is 4.93. The second kappa shape index (κ2) is 5.14. The Hall–Kier alpha value is -0.0600. The summed E-state index contributed by atoms with van der Waals surface area (Å²) in [5, 5.41) is 12.8. The smallest absolute Gasteiger partial charge is 0.106 e. The molecular formula is C10H15NOS2. The van der Waals surface area contributed by atoms with Crippen LogP contribution in [0.15, 0.2) is 5.38 Å². The largest absolute Gasteiger partial charge is 0.396 e. The minimum Gasteiger partial charge on any atom is -0.396 e. The maximum Gasteiger partial charge on any atom is 0.106 e. The molecule has 0 amide bonds. The fourth-order valence-electron chi connectivity index (χ4n) is 1.64. The number of aromatic nitrogens is 1. The van der Waals surface area contributed by atoms with Crippen LogP contribution in [0.5, 0.6) is 0 Å². The summed E-state index contributed by atoms with van der Waals surface area (Å²) in [5.74, 6) is 1.28. The zero-order valence-electron chi connectivity index (χ0n) is 8.11. The number of hydrogen-bond acceptors (Lipinski definition) is 4. The van der Waals surface area contributed by atoms with E-state index in [0.717, 1.165) is 5.69 Å². The highest BCUT2D eigenvalue weighted by Crippen LogP contribution is 2.39. The summed E-state index contributed by atoms with van der Waals surface area (Å²) in [5.41, 5.74) is 1.05. The molecule has 1 atom stereocenters. The lowest BCUT2D eigenvalue weighted by Gasteiger charge is -2.18. The van der Waals surface area contributed by atoms with Crippen molar-refractivity contribution < 1.29 is 5.11 Å². The Kier molecular flexibility index (Phi) is 3.84. The van der Waals surface area contributed by atoms with E-state index in [1.54, 1.807) is 11.3 Å². The molecule has 2 nitrogen and oxygen atoms in total. The number of thiazole rings is 1. The first-order chi connectivity index (χ1) is 6.90. The van der Waals surface area contributed by atoms with Gasteiger partial charge in [0.2, 0.25) is 0 Å². The van der Waals surface area contributed by atoms with E-state index >= 15 is 0 Å². The van der Waals surface area contributed by atoms with E-state index in [2.05, 4.69) is 10.4 Å². The van der Waals surface area contributed by atoms with Crippen molar-refractivity contribution in [1.82, 2.24) is 4.98 Å². The van der Waals surface area contributed by atoms with Crippen LogP contribution in [-0.4, -0.2) is 22.5 Å². The molecule has 1 aliphatic rings. The lowest BCUT2D eigenvalue weighted by atomic mass is 10.2. The second-order valence-electron chi connectivity index (χ2n) is 3.51. The second-order valence-corrected chi connectivity index (χ2v) is 5.71. The van der Waals surface area contributed by atoms with Crippen molar-refractivity contribution >= 4 is 23.1 Å². The van der Waals surface area contributed by atoms with E-state index in [4.69, 9.17) is 5.11 Å². The first-order valence-electron chi connectivity index (χ1n) is 5.07. The SMILES string of the molecule is OCCc1csc(C2CCCCS2)n1. The van der Waals surface area contributed by atoms with Crippen LogP contribution in [0.2, 0.25) is 0 Å². The molecule has 1 saturated heterocycles. The molecular weight excluding hydrogens is 214 g/mol. The van der Waals surface area contributed by atoms with Gasteiger partial charge >= 0.3 is 0 Å². The molecule has 0 bridgehead atoms. The summed E-state index contributed by atoms with van der Waals surface area (Å²) in [4.78, 5) is 4.56. The Balaban J connectivity index is 2.00. The van der Waals surface area contributed by atoms with Gasteiger partial charge in [-0.25, -0.2) is 4.98 Å². The van der Waals surface area contributed by atoms with E-state index in [1.165, 1.54) is 30.0 Å². The molecule has 2 heterocycles. The van der Waals surface area contributed by atoms with E-state index in [0.29, 0.717) is 11.7 Å². The van der Waals surface area contributed by atoms with Crippen molar-refractivity contribution in [3.05, 3.63) is 16.1 Å². The van der Waals surface area contributed by atoms with Crippen molar-refractivity contribution in [2.45, 2.75) is 30.9 Å². The van der Waals surface area contributed by atoms with Gasteiger partial charge in [0.25, 0.3) is 0 Å². The van der Waals surface area contributed by atoms with Gasteiger partial charge in [-0.15, -0.1) is 11.3 Å². The standard InChI is InChI=1S/C10H15NOS2/c12-5-4-8-7-14-10(11-8)9-3-1-2-6-13-9/h7,9,12H,1-6H2. The highest BCUT2D eigenvalue weighted by atomic mass is 32.2. The van der Waals surface area contributed by atoms with Crippen molar-refractivity contribution in [3.8, 4) is 0 Å². The van der Waals surface area contributed by atoms with Crippen LogP contribution in [-0.2, 0) is 6.42 Å². The van der Waals surface area contributed by atoms with Gasteiger partial charge in [-0.2, -0.15) is 11.8 Å². The maximum atomic E-state index is 8.80. The van der Waals surface area contributed by atoms with E-state index in [-0.39, 0.29) is 6.61 Å². The molecule has 0 saturated carbocycles. The van der Waals surface area contributed by atoms with Gasteiger partial charge in [0.05, 0.1) is 10.9 Å². The molecule has 4 heteroatoms. The van der Waals surface area contributed by atoms with Crippen LogP contribution in [0.3, 0.4) is 0 Å². The maximum absolute atomic E-state index is 8.80. The van der Waals surface area contributed by atoms with Gasteiger partial charge in [-0.3, -0.25) is 0 Å². The predicted molar refractivity (Wildman–Crippen MR) is 62.0 cm³/mol. The van der Waals surface area contributed by atoms with Crippen LogP contribution in [0.1, 0.15) is 35.2 Å². The molecule has 0 aromatic carbocycles. The summed E-state index contributed by atoms with van der Waals surface area (Å²) < 4.78 is 0. The Labute approximate surface area is 92.8 Å². The summed E-state index contributed by atoms with van der Waals surface area (Å²) in [6, 6.07) is 0. The van der Waals surface area contributed by atoms with Crippen LogP contribution in [0.4, 0.5) is 0 Å². The number of rotatable bonds is 3. The predicted octanol–water partition coefficient (Wildman–Crippen LogP) is 2.64. The molecule has 0 aliphatic carbocycles. The minimum atomic E-state index is 0.209. The lowest BCUT2D eigenvalue weighted by molar-refractivity contribution is 0.298. The first-order valence-corrected chi connectivity index (χ1v) is 7.00. The number of nitrogens with zero attached hydrogens (tertiary/aromatic N) is 1. The molecule has 1 N–H and O–H groups in total. The Morgan fingerprint density at radius 3 is 3.14 bits per heavy atom. The number of hydrogen-bond donors (Lipinski definition) is 1. The van der Waals surface area contributed by atoms with Crippen molar-refractivity contribution in [2.75, 3.05) is 12.4 Å². The number of aliphatic hydroxyl groups excluding tert-OH is 1. The molecule has 0 spiro atoms. The van der Waals surface area contributed by atoms with Crippen LogP contribution < -0.4 is 0 Å². The summed E-state index contributed by atoms with van der Waals surface area (Å²) in [7, 11) is 0. The van der Waals surface area contributed by atoms with Crippen LogP contribution in [0, 0.1) is 0 Å². The van der Waals surface area contributed by atoms with Gasteiger partial charge in [-0.05, 0) is 18.6 Å². The molecule has 1 aromatic heterocycles. The lowest BCUT2D eigenvalue weighted by Crippen LogP contribution is -2.02. The third-order valence-electron chi connectivity index (χ3n) is 2.39. The highest BCUT2D eigenvalue weighted by Gasteiger charge is 2.18. The fourth-order valence-corrected chi connectivity index (χ4v) is 4.06. The minimum absolute atomic E-state index is 0.209. The van der Waals surface area contributed by atoms with Crippen molar-refractivity contribution in [3.63, 3.8) is 0 Å². The zero-order chi connectivity index (χ0) is 9.80. The van der Waals surface area contributed by atoms with Gasteiger partial charge in [-0.1, -0.05) is 6.42 Å². The summed E-state index contributed by atoms with van der Waals surface area (Å²) >= 11 is 3.79. The number of thioether (sulfide) groups is 1. The van der Waals surface area contributed by atoms with E-state index in [1.807, 2.05) is 11.8 Å². The molecule has 0 radical (unpaired) electrons. The quantitative estimate of drug-likeness (QED) is 0.865. The topological polar surface area (TPSA) is 33.1 Å². The fraction of sp³-hybridized carbons (Fsp3) is 0.700. The Morgan fingerprint density at radius 2 is 2.43 bits per heavy atom. The Bertz CT molecular complexity index is 281. The van der Waals surface area contributed by atoms with E-state index in [9.17, 15) is 0 Å². The average Bonchev–Trinajstić information content (AvgIpc) is 2.68. The number of aliphatic hydroxyl groups is 1. The van der Waals surface area contributed by atoms with E-state index < -0.39 is 0 Å². The molecule has 2 rings (SSSR count). The molecule has 1 fully saturated rings. The van der Waals surface area contributed by atoms with Gasteiger partial charge in [0.15, 0.2) is 0 Å². The summed E-state index contributed by atoms with van der Waals surface area (Å²) in [6.45, 7) is 0.209. The summed E-state index contributed by atoms with van der Waals surface area (Å²) in [6.07, 6.45) is 4.67. The zero-order valence-corrected chi connectivity index (χ0v) is 9.74. The van der Waals surface area contributed by atoms with Crippen molar-refractivity contribution in [2.24, 2.45) is 0 Å². The molecule has 1 unspecified atom stereocenters. The highest BCUT2D eigenvalue weighted by molar-refractivity contribution is 7.99. The monoisotopic (exact) mass is 229 g/mol. The normalized spacial score (nSPS) is 22.5. The van der Waals surface area contributed by atoms with Gasteiger partial charge in [0.1, 0.15) is 5.01 Å². The molecule has 1 aliphatic heterocycles. The first kappa shape index (κ1) is 10.5. The Morgan fingerprint density at radius 1 is 1.50 bits per heavy atom. The van der Waals surface area contributed by atoms with Crippen molar-refractivity contribution in [1.29, 1.82) is 0 Å². The van der Waals surface area contributed by atoms with Crippen LogP contribution >= 0.6 is 23.1 Å². The van der Waals surface area contributed by atoms with Gasteiger partial charge < -0.3 is 5.11 Å². The molecule has 14 heavy (non-hydrogen) atoms.